The van der Waals surface area contributed by atoms with Crippen LogP contribution in [0.2, 0.25) is 5.02 Å². The van der Waals surface area contributed by atoms with Crippen molar-refractivity contribution in [2.24, 2.45) is 0 Å². The maximum Gasteiger partial charge on any atom is 0.252 e. The summed E-state index contributed by atoms with van der Waals surface area (Å²) in [7, 11) is 0. The number of nitrogens with zero attached hydrogens (tertiary/aromatic N) is 1. The van der Waals surface area contributed by atoms with Crippen molar-refractivity contribution in [2.45, 2.75) is 26.3 Å². The first kappa shape index (κ1) is 15.7. The molecule has 0 radical (unpaired) electrons. The molecule has 20 heavy (non-hydrogen) atoms. The van der Waals surface area contributed by atoms with Crippen LogP contribution in [0.3, 0.4) is 0 Å². The Bertz CT molecular complexity index is 627. The molecule has 3 nitrogen and oxygen atoms in total. The summed E-state index contributed by atoms with van der Waals surface area (Å²) in [5.41, 5.74) is 1.49. The number of rotatable bonds is 4. The molecule has 1 aromatic carbocycles. The van der Waals surface area contributed by atoms with E-state index in [0.717, 1.165) is 14.3 Å². The molecule has 0 aliphatic rings. The van der Waals surface area contributed by atoms with Crippen LogP contribution >= 0.6 is 45.5 Å². The molecule has 1 amide bonds. The summed E-state index contributed by atoms with van der Waals surface area (Å²) in [4.78, 5) is 16.6. The minimum atomic E-state index is -0.129. The van der Waals surface area contributed by atoms with Gasteiger partial charge in [0.25, 0.3) is 5.91 Å². The summed E-state index contributed by atoms with van der Waals surface area (Å²) in [6, 6.07) is 5.28. The Labute approximate surface area is 140 Å². The predicted molar refractivity (Wildman–Crippen MR) is 91.5 cm³/mol. The van der Waals surface area contributed by atoms with E-state index in [-0.39, 0.29) is 5.91 Å². The fraction of sp³-hybridized carbons (Fsp3) is 0.286. The van der Waals surface area contributed by atoms with E-state index in [1.807, 2.05) is 11.4 Å². The quantitative estimate of drug-likeness (QED) is 0.742. The van der Waals surface area contributed by atoms with Crippen LogP contribution in [0.15, 0.2) is 23.6 Å². The molecule has 6 heteroatoms. The highest BCUT2D eigenvalue weighted by Crippen LogP contribution is 2.20. The zero-order valence-electron chi connectivity index (χ0n) is 11.1. The van der Waals surface area contributed by atoms with Gasteiger partial charge < -0.3 is 5.32 Å². The summed E-state index contributed by atoms with van der Waals surface area (Å²) in [6.45, 7) is 4.65. The molecule has 0 saturated carbocycles. The molecule has 0 spiro atoms. The van der Waals surface area contributed by atoms with Crippen LogP contribution in [-0.2, 0) is 6.54 Å². The van der Waals surface area contributed by atoms with Crippen LogP contribution in [0.4, 0.5) is 0 Å². The Kier molecular flexibility index (Phi) is 5.40. The van der Waals surface area contributed by atoms with Gasteiger partial charge in [-0.15, -0.1) is 11.3 Å². The molecule has 0 bridgehead atoms. The standard InChI is InChI=1S/C14H14ClIN2OS/c1-8(2)14-18-10(7-20-14)6-17-13(19)11-5-9(15)3-4-12(11)16/h3-5,7-8H,6H2,1-2H3,(H,17,19). The van der Waals surface area contributed by atoms with E-state index in [9.17, 15) is 4.79 Å². The first-order chi connectivity index (χ1) is 9.47. The van der Waals surface area contributed by atoms with Gasteiger partial charge in [-0.25, -0.2) is 4.98 Å². The van der Waals surface area contributed by atoms with Crippen molar-refractivity contribution in [1.82, 2.24) is 10.3 Å². The monoisotopic (exact) mass is 420 g/mol. The number of hydrogen-bond acceptors (Lipinski definition) is 3. The fourth-order valence-electron chi connectivity index (χ4n) is 1.61. The lowest BCUT2D eigenvalue weighted by Gasteiger charge is -2.06. The normalized spacial score (nSPS) is 10.8. The van der Waals surface area contributed by atoms with Crippen LogP contribution in [0, 0.1) is 3.57 Å². The van der Waals surface area contributed by atoms with Crippen molar-refractivity contribution in [3.05, 3.63) is 48.4 Å². The fourth-order valence-corrected chi connectivity index (χ4v) is 3.19. The minimum Gasteiger partial charge on any atom is -0.346 e. The largest absolute Gasteiger partial charge is 0.346 e. The second-order valence-electron chi connectivity index (χ2n) is 4.64. The zero-order chi connectivity index (χ0) is 14.7. The molecule has 0 fully saturated rings. The molecular formula is C14H14ClIN2OS. The summed E-state index contributed by atoms with van der Waals surface area (Å²) >= 11 is 9.67. The van der Waals surface area contributed by atoms with Crippen LogP contribution in [0.1, 0.15) is 40.8 Å². The number of hydrogen-bond donors (Lipinski definition) is 1. The smallest absolute Gasteiger partial charge is 0.252 e. The number of halogens is 2. The van der Waals surface area contributed by atoms with Gasteiger partial charge in [-0.05, 0) is 40.8 Å². The van der Waals surface area contributed by atoms with Gasteiger partial charge in [0.15, 0.2) is 0 Å². The molecule has 1 heterocycles. The molecule has 1 aromatic heterocycles. The average Bonchev–Trinajstić information content (AvgIpc) is 2.88. The summed E-state index contributed by atoms with van der Waals surface area (Å²) in [6.07, 6.45) is 0. The zero-order valence-corrected chi connectivity index (χ0v) is 14.8. The topological polar surface area (TPSA) is 42.0 Å². The van der Waals surface area contributed by atoms with Crippen molar-refractivity contribution < 1.29 is 4.79 Å². The Morgan fingerprint density at radius 1 is 1.50 bits per heavy atom. The first-order valence-corrected chi connectivity index (χ1v) is 8.48. The van der Waals surface area contributed by atoms with Gasteiger partial charge in [-0.3, -0.25) is 4.79 Å². The third kappa shape index (κ3) is 3.93. The van der Waals surface area contributed by atoms with E-state index < -0.39 is 0 Å². The van der Waals surface area contributed by atoms with E-state index in [4.69, 9.17) is 11.6 Å². The van der Waals surface area contributed by atoms with Gasteiger partial charge in [0.1, 0.15) is 0 Å². The Balaban J connectivity index is 2.02. The number of carbonyl (C=O) groups is 1. The number of thiazole rings is 1. The van der Waals surface area contributed by atoms with E-state index in [1.165, 1.54) is 0 Å². The van der Waals surface area contributed by atoms with E-state index in [1.54, 1.807) is 23.5 Å². The van der Waals surface area contributed by atoms with Gasteiger partial charge in [0, 0.05) is 19.9 Å². The first-order valence-electron chi connectivity index (χ1n) is 6.15. The predicted octanol–water partition coefficient (Wildman–Crippen LogP) is 4.45. The van der Waals surface area contributed by atoms with E-state index in [0.29, 0.717) is 23.0 Å². The highest BCUT2D eigenvalue weighted by atomic mass is 127. The minimum absolute atomic E-state index is 0.129. The molecule has 0 aliphatic heterocycles. The van der Waals surface area contributed by atoms with Crippen molar-refractivity contribution in [3.63, 3.8) is 0 Å². The second-order valence-corrected chi connectivity index (χ2v) is 7.13. The average molecular weight is 421 g/mol. The number of benzene rings is 1. The van der Waals surface area contributed by atoms with Gasteiger partial charge in [-0.1, -0.05) is 25.4 Å². The maximum atomic E-state index is 12.1. The van der Waals surface area contributed by atoms with Crippen molar-refractivity contribution in [1.29, 1.82) is 0 Å². The van der Waals surface area contributed by atoms with Gasteiger partial charge in [0.2, 0.25) is 0 Å². The molecule has 0 atom stereocenters. The molecule has 2 rings (SSSR count). The summed E-state index contributed by atoms with van der Waals surface area (Å²) in [5, 5.41) is 6.51. The number of nitrogens with one attached hydrogen (secondary N) is 1. The number of carbonyl (C=O) groups excluding carboxylic acids is 1. The molecule has 2 aromatic rings. The third-order valence-corrected chi connectivity index (χ3v) is 5.04. The van der Waals surface area contributed by atoms with Crippen LogP contribution < -0.4 is 5.32 Å². The van der Waals surface area contributed by atoms with Crippen LogP contribution in [0.5, 0.6) is 0 Å². The number of aromatic nitrogens is 1. The van der Waals surface area contributed by atoms with E-state index >= 15 is 0 Å². The lowest BCUT2D eigenvalue weighted by atomic mass is 10.2. The second kappa shape index (κ2) is 6.87. The molecule has 0 saturated heterocycles. The van der Waals surface area contributed by atoms with Gasteiger partial charge >= 0.3 is 0 Å². The molecule has 0 unspecified atom stereocenters. The van der Waals surface area contributed by atoms with Crippen LogP contribution in [0.25, 0.3) is 0 Å². The van der Waals surface area contributed by atoms with Gasteiger partial charge in [0.05, 0.1) is 22.8 Å². The Morgan fingerprint density at radius 2 is 2.25 bits per heavy atom. The lowest BCUT2D eigenvalue weighted by Crippen LogP contribution is -2.23. The van der Waals surface area contributed by atoms with Crippen molar-refractivity contribution in [3.8, 4) is 0 Å². The molecular weight excluding hydrogens is 407 g/mol. The molecule has 106 valence electrons. The number of amides is 1. The highest BCUT2D eigenvalue weighted by Gasteiger charge is 2.11. The van der Waals surface area contributed by atoms with E-state index in [2.05, 4.69) is 46.7 Å². The van der Waals surface area contributed by atoms with Gasteiger partial charge in [-0.2, -0.15) is 0 Å². The SMILES string of the molecule is CC(C)c1nc(CNC(=O)c2cc(Cl)ccc2I)cs1. The van der Waals surface area contributed by atoms with Crippen LogP contribution in [-0.4, -0.2) is 10.9 Å². The summed E-state index contributed by atoms with van der Waals surface area (Å²) in [5.74, 6) is 0.286. The Hall–Kier alpha value is -0.660. The van der Waals surface area contributed by atoms with Crippen molar-refractivity contribution >= 4 is 51.4 Å². The molecule has 1 N–H and O–H groups in total. The molecule has 0 aliphatic carbocycles. The summed E-state index contributed by atoms with van der Waals surface area (Å²) < 4.78 is 0.880. The van der Waals surface area contributed by atoms with Crippen molar-refractivity contribution in [2.75, 3.05) is 0 Å². The Morgan fingerprint density at radius 3 is 2.90 bits per heavy atom. The lowest BCUT2D eigenvalue weighted by molar-refractivity contribution is 0.0949. The third-order valence-electron chi connectivity index (χ3n) is 2.67. The maximum absolute atomic E-state index is 12.1. The highest BCUT2D eigenvalue weighted by molar-refractivity contribution is 14.1.